The fourth-order valence-electron chi connectivity index (χ4n) is 1.09. The van der Waals surface area contributed by atoms with E-state index in [1.54, 1.807) is 13.0 Å². The number of hydrogen-bond acceptors (Lipinski definition) is 2. The van der Waals surface area contributed by atoms with Gasteiger partial charge in [-0.25, -0.2) is 8.78 Å². The maximum absolute atomic E-state index is 12.0. The third kappa shape index (κ3) is 2.52. The largest absolute Gasteiger partial charge is 0.464 e. The van der Waals surface area contributed by atoms with E-state index in [1.807, 2.05) is 6.92 Å². The Balaban J connectivity index is 2.71. The third-order valence-corrected chi connectivity index (χ3v) is 1.98. The Morgan fingerprint density at radius 3 is 2.46 bits per heavy atom. The predicted octanol–water partition coefficient (Wildman–Crippen LogP) is 2.55. The van der Waals surface area contributed by atoms with Crippen LogP contribution in [0.2, 0.25) is 0 Å². The van der Waals surface area contributed by atoms with Crippen LogP contribution < -0.4 is 5.73 Å². The lowest BCUT2D eigenvalue weighted by Gasteiger charge is -2.06. The van der Waals surface area contributed by atoms with Crippen LogP contribution in [0.4, 0.5) is 8.78 Å². The minimum absolute atomic E-state index is 0.355. The van der Waals surface area contributed by atoms with Crippen LogP contribution >= 0.6 is 0 Å². The van der Waals surface area contributed by atoms with Gasteiger partial charge < -0.3 is 10.2 Å². The lowest BCUT2D eigenvalue weighted by Crippen LogP contribution is -2.13. The van der Waals surface area contributed by atoms with Crippen LogP contribution in [0.15, 0.2) is 10.5 Å². The van der Waals surface area contributed by atoms with Crippen LogP contribution in [-0.4, -0.2) is 6.43 Å². The Hall–Kier alpha value is -0.900. The minimum Gasteiger partial charge on any atom is -0.464 e. The summed E-state index contributed by atoms with van der Waals surface area (Å²) >= 11 is 0. The molecule has 0 radical (unpaired) electrons. The maximum atomic E-state index is 12.0. The molecule has 4 heteroatoms. The average Bonchev–Trinajstić information content (AvgIpc) is 2.31. The van der Waals surface area contributed by atoms with Gasteiger partial charge in [0, 0.05) is 6.42 Å². The molecule has 1 aromatic heterocycles. The lowest BCUT2D eigenvalue weighted by atomic mass is 10.1. The molecule has 0 saturated heterocycles. The first-order chi connectivity index (χ1) is 6.00. The van der Waals surface area contributed by atoms with Crippen LogP contribution in [0.25, 0.3) is 0 Å². The number of nitrogens with two attached hydrogens (primary N) is 1. The number of hydrogen-bond donors (Lipinski definition) is 1. The zero-order valence-corrected chi connectivity index (χ0v) is 7.68. The highest BCUT2D eigenvalue weighted by molar-refractivity contribution is 5.20. The highest BCUT2D eigenvalue weighted by Crippen LogP contribution is 2.22. The van der Waals surface area contributed by atoms with Crippen molar-refractivity contribution in [3.63, 3.8) is 0 Å². The summed E-state index contributed by atoms with van der Waals surface area (Å²) in [7, 11) is 0. The van der Waals surface area contributed by atoms with Gasteiger partial charge in [0.1, 0.15) is 11.5 Å². The van der Waals surface area contributed by atoms with Crippen molar-refractivity contribution in [2.75, 3.05) is 0 Å². The standard InChI is InChI=1S/C9H13F2NO/c1-5-3-8(13-6(5)2)7(12)4-9(10)11/h3,7,9H,4,12H2,1-2H3/t7-/m1/s1. The Morgan fingerprint density at radius 2 is 2.08 bits per heavy atom. The fourth-order valence-corrected chi connectivity index (χ4v) is 1.09. The zero-order chi connectivity index (χ0) is 10.0. The normalized spacial score (nSPS) is 13.7. The van der Waals surface area contributed by atoms with Crippen molar-refractivity contribution >= 4 is 0 Å². The zero-order valence-electron chi connectivity index (χ0n) is 7.68. The number of halogens is 2. The maximum Gasteiger partial charge on any atom is 0.240 e. The SMILES string of the molecule is Cc1cc([C@H](N)CC(F)F)oc1C. The van der Waals surface area contributed by atoms with Crippen molar-refractivity contribution in [2.24, 2.45) is 5.73 Å². The fraction of sp³-hybridized carbons (Fsp3) is 0.556. The molecule has 0 aliphatic heterocycles. The summed E-state index contributed by atoms with van der Waals surface area (Å²) in [4.78, 5) is 0. The second-order valence-electron chi connectivity index (χ2n) is 3.12. The smallest absolute Gasteiger partial charge is 0.240 e. The molecule has 0 saturated carbocycles. The molecule has 1 rings (SSSR count). The first-order valence-corrected chi connectivity index (χ1v) is 4.11. The quantitative estimate of drug-likeness (QED) is 0.793. The Morgan fingerprint density at radius 1 is 1.46 bits per heavy atom. The van der Waals surface area contributed by atoms with E-state index in [2.05, 4.69) is 0 Å². The molecule has 0 aliphatic carbocycles. The monoisotopic (exact) mass is 189 g/mol. The molecule has 13 heavy (non-hydrogen) atoms. The first kappa shape index (κ1) is 10.2. The Bertz CT molecular complexity index is 264. The van der Waals surface area contributed by atoms with Crippen LogP contribution in [0, 0.1) is 13.8 Å². The summed E-state index contributed by atoms with van der Waals surface area (Å²) in [5, 5.41) is 0. The van der Waals surface area contributed by atoms with Gasteiger partial charge in [-0.05, 0) is 25.5 Å². The average molecular weight is 189 g/mol. The van der Waals surface area contributed by atoms with Crippen molar-refractivity contribution < 1.29 is 13.2 Å². The third-order valence-electron chi connectivity index (χ3n) is 1.98. The van der Waals surface area contributed by atoms with Crippen molar-refractivity contribution in [1.82, 2.24) is 0 Å². The molecule has 1 heterocycles. The first-order valence-electron chi connectivity index (χ1n) is 4.11. The van der Waals surface area contributed by atoms with E-state index in [1.165, 1.54) is 0 Å². The van der Waals surface area contributed by atoms with Crippen molar-refractivity contribution in [3.05, 3.63) is 23.2 Å². The number of alkyl halides is 2. The summed E-state index contributed by atoms with van der Waals surface area (Å²) in [6.07, 6.45) is -2.74. The minimum atomic E-state index is -2.39. The number of furan rings is 1. The van der Waals surface area contributed by atoms with E-state index in [-0.39, 0.29) is 6.42 Å². The molecule has 0 amide bonds. The molecule has 1 atom stereocenters. The Labute approximate surface area is 75.7 Å². The summed E-state index contributed by atoms with van der Waals surface area (Å²) in [6.45, 7) is 3.64. The summed E-state index contributed by atoms with van der Waals surface area (Å²) in [5.74, 6) is 1.18. The van der Waals surface area contributed by atoms with E-state index in [0.717, 1.165) is 11.3 Å². The van der Waals surface area contributed by atoms with Crippen LogP contribution in [-0.2, 0) is 0 Å². The molecule has 2 N–H and O–H groups in total. The van der Waals surface area contributed by atoms with E-state index in [9.17, 15) is 8.78 Å². The molecular weight excluding hydrogens is 176 g/mol. The van der Waals surface area contributed by atoms with Gasteiger partial charge in [-0.15, -0.1) is 0 Å². The second-order valence-corrected chi connectivity index (χ2v) is 3.12. The van der Waals surface area contributed by atoms with Crippen LogP contribution in [0.5, 0.6) is 0 Å². The van der Waals surface area contributed by atoms with Crippen LogP contribution in [0.1, 0.15) is 29.5 Å². The highest BCUT2D eigenvalue weighted by Gasteiger charge is 2.16. The summed E-state index contributed by atoms with van der Waals surface area (Å²) in [6, 6.07) is 1.01. The van der Waals surface area contributed by atoms with Gasteiger partial charge in [0.15, 0.2) is 0 Å². The summed E-state index contributed by atoms with van der Waals surface area (Å²) < 4.78 is 29.1. The molecule has 0 unspecified atom stereocenters. The van der Waals surface area contributed by atoms with Gasteiger partial charge in [-0.1, -0.05) is 0 Å². The van der Waals surface area contributed by atoms with Crippen LogP contribution in [0.3, 0.4) is 0 Å². The molecule has 2 nitrogen and oxygen atoms in total. The molecule has 0 bridgehead atoms. The highest BCUT2D eigenvalue weighted by atomic mass is 19.3. The van der Waals surface area contributed by atoms with Gasteiger partial charge in [-0.2, -0.15) is 0 Å². The molecule has 0 fully saturated rings. The van der Waals surface area contributed by atoms with Gasteiger partial charge >= 0.3 is 0 Å². The van der Waals surface area contributed by atoms with E-state index < -0.39 is 12.5 Å². The van der Waals surface area contributed by atoms with E-state index >= 15 is 0 Å². The molecule has 0 aliphatic rings. The van der Waals surface area contributed by atoms with Gasteiger partial charge in [-0.3, -0.25) is 0 Å². The molecule has 1 aromatic rings. The molecule has 0 aromatic carbocycles. The lowest BCUT2D eigenvalue weighted by molar-refractivity contribution is 0.124. The molecule has 74 valence electrons. The van der Waals surface area contributed by atoms with Gasteiger partial charge in [0.25, 0.3) is 0 Å². The molecular formula is C9H13F2NO. The topological polar surface area (TPSA) is 39.2 Å². The van der Waals surface area contributed by atoms with E-state index in [0.29, 0.717) is 5.76 Å². The van der Waals surface area contributed by atoms with Crippen molar-refractivity contribution in [1.29, 1.82) is 0 Å². The van der Waals surface area contributed by atoms with Crippen molar-refractivity contribution in [2.45, 2.75) is 32.7 Å². The van der Waals surface area contributed by atoms with Gasteiger partial charge in [0.05, 0.1) is 6.04 Å². The Kier molecular flexibility index (Phi) is 3.03. The number of aryl methyl sites for hydroxylation is 2. The molecule has 0 spiro atoms. The summed E-state index contributed by atoms with van der Waals surface area (Å²) in [5.41, 5.74) is 6.45. The van der Waals surface area contributed by atoms with Gasteiger partial charge in [0.2, 0.25) is 6.43 Å². The van der Waals surface area contributed by atoms with Crippen molar-refractivity contribution in [3.8, 4) is 0 Å². The van der Waals surface area contributed by atoms with E-state index in [4.69, 9.17) is 10.2 Å². The predicted molar refractivity (Wildman–Crippen MR) is 45.7 cm³/mol. The number of rotatable bonds is 3. The second kappa shape index (κ2) is 3.87.